The largest absolute Gasteiger partial charge is 0.357 e. The molecule has 9 nitrogen and oxygen atoms in total. The van der Waals surface area contributed by atoms with Crippen LogP contribution >= 0.6 is 0 Å². The van der Waals surface area contributed by atoms with Gasteiger partial charge in [0.1, 0.15) is 11.5 Å². The number of anilines is 2. The van der Waals surface area contributed by atoms with Gasteiger partial charge in [-0.1, -0.05) is 38.6 Å². The van der Waals surface area contributed by atoms with Crippen LogP contribution in [0.1, 0.15) is 63.1 Å². The lowest BCUT2D eigenvalue weighted by molar-refractivity contribution is -0.111. The van der Waals surface area contributed by atoms with Gasteiger partial charge in [-0.15, -0.1) is 0 Å². The van der Waals surface area contributed by atoms with Crippen molar-refractivity contribution in [2.45, 2.75) is 39.3 Å². The highest BCUT2D eigenvalue weighted by molar-refractivity contribution is 6.04. The van der Waals surface area contributed by atoms with Crippen molar-refractivity contribution in [3.8, 4) is 0 Å². The van der Waals surface area contributed by atoms with Crippen LogP contribution < -0.4 is 10.6 Å². The zero-order chi connectivity index (χ0) is 29.1. The first kappa shape index (κ1) is 27.6. The van der Waals surface area contributed by atoms with Gasteiger partial charge in [0.25, 0.3) is 11.8 Å². The molecule has 2 aromatic heterocycles. The number of halogens is 1. The Morgan fingerprint density at radius 1 is 1.12 bits per heavy atom. The fourth-order valence-corrected chi connectivity index (χ4v) is 5.17. The number of hydrogen-bond donors (Lipinski definition) is 3. The molecular formula is C31H31FN6O3. The maximum Gasteiger partial charge on any atom is 0.276 e. The predicted molar refractivity (Wildman–Crippen MR) is 154 cm³/mol. The van der Waals surface area contributed by atoms with Crippen LogP contribution in [0.15, 0.2) is 73.4 Å². The smallest absolute Gasteiger partial charge is 0.276 e. The van der Waals surface area contributed by atoms with Crippen LogP contribution in [0.3, 0.4) is 0 Å². The molecule has 0 aliphatic carbocycles. The van der Waals surface area contributed by atoms with Crippen molar-refractivity contribution in [1.29, 1.82) is 0 Å². The van der Waals surface area contributed by atoms with Crippen molar-refractivity contribution in [3.05, 3.63) is 113 Å². The van der Waals surface area contributed by atoms with Gasteiger partial charge >= 0.3 is 0 Å². The van der Waals surface area contributed by atoms with E-state index in [0.717, 1.165) is 23.8 Å². The molecule has 3 N–H and O–H groups in total. The second-order valence-electron chi connectivity index (χ2n) is 10.1. The third-order valence-electron chi connectivity index (χ3n) is 7.13. The fourth-order valence-electron chi connectivity index (χ4n) is 5.17. The van der Waals surface area contributed by atoms with Crippen LogP contribution in [0.5, 0.6) is 0 Å². The lowest BCUT2D eigenvalue weighted by Gasteiger charge is -2.32. The van der Waals surface area contributed by atoms with Crippen LogP contribution in [0.4, 0.5) is 15.8 Å². The molecule has 1 aliphatic rings. The van der Waals surface area contributed by atoms with Gasteiger partial charge in [-0.25, -0.2) is 4.39 Å². The molecule has 4 aromatic rings. The molecule has 41 heavy (non-hydrogen) atoms. The van der Waals surface area contributed by atoms with Crippen molar-refractivity contribution < 1.29 is 18.8 Å². The first-order chi connectivity index (χ1) is 19.8. The van der Waals surface area contributed by atoms with Gasteiger partial charge in [0.15, 0.2) is 5.69 Å². The van der Waals surface area contributed by atoms with E-state index in [1.165, 1.54) is 12.1 Å². The molecule has 10 heteroatoms. The number of aromatic nitrogens is 3. The summed E-state index contributed by atoms with van der Waals surface area (Å²) in [5, 5.41) is 10.2. The van der Waals surface area contributed by atoms with Gasteiger partial charge in [0, 0.05) is 35.6 Å². The molecule has 0 unspecified atom stereocenters. The second-order valence-corrected chi connectivity index (χ2v) is 10.1. The van der Waals surface area contributed by atoms with Crippen LogP contribution in [0.25, 0.3) is 0 Å². The van der Waals surface area contributed by atoms with Gasteiger partial charge in [-0.05, 0) is 60.0 Å². The predicted octanol–water partition coefficient (Wildman–Crippen LogP) is 5.10. The highest BCUT2D eigenvalue weighted by Gasteiger charge is 2.34. The number of carbonyl (C=O) groups excluding carboxylic acids is 3. The molecule has 0 bridgehead atoms. The Balaban J connectivity index is 1.51. The molecule has 0 radical (unpaired) electrons. The van der Waals surface area contributed by atoms with Crippen molar-refractivity contribution in [1.82, 2.24) is 19.7 Å². The molecule has 210 valence electrons. The lowest BCUT2D eigenvalue weighted by atomic mass is 9.95. The summed E-state index contributed by atoms with van der Waals surface area (Å²) in [7, 11) is 0. The van der Waals surface area contributed by atoms with E-state index in [4.69, 9.17) is 5.10 Å². The zero-order valence-electron chi connectivity index (χ0n) is 22.9. The Kier molecular flexibility index (Phi) is 7.82. The van der Waals surface area contributed by atoms with Crippen LogP contribution in [-0.4, -0.2) is 43.9 Å². The molecular weight excluding hydrogens is 523 g/mol. The Morgan fingerprint density at radius 2 is 1.95 bits per heavy atom. The molecule has 0 saturated carbocycles. The maximum atomic E-state index is 14.4. The van der Waals surface area contributed by atoms with Crippen molar-refractivity contribution >= 4 is 29.1 Å². The van der Waals surface area contributed by atoms with Crippen molar-refractivity contribution in [2.75, 3.05) is 17.2 Å². The maximum absolute atomic E-state index is 14.4. The minimum Gasteiger partial charge on any atom is -0.357 e. The number of benzene rings is 2. The minimum atomic E-state index is -0.576. The molecule has 2 aromatic carbocycles. The van der Waals surface area contributed by atoms with E-state index in [1.807, 2.05) is 38.1 Å². The number of hydrogen-bond acceptors (Lipinski definition) is 4. The van der Waals surface area contributed by atoms with Crippen molar-refractivity contribution in [2.24, 2.45) is 0 Å². The average molecular weight is 555 g/mol. The van der Waals surface area contributed by atoms with Gasteiger partial charge < -0.3 is 20.5 Å². The van der Waals surface area contributed by atoms with E-state index in [1.54, 1.807) is 34.0 Å². The van der Waals surface area contributed by atoms with Crippen molar-refractivity contribution in [3.63, 3.8) is 0 Å². The Hall–Kier alpha value is -4.99. The molecule has 3 heterocycles. The summed E-state index contributed by atoms with van der Waals surface area (Å²) in [6, 6.07) is 15.5. The third kappa shape index (κ3) is 5.81. The number of nitrogens with one attached hydrogen (secondary N) is 3. The molecule has 5 rings (SSSR count). The molecule has 3 amide bonds. The van der Waals surface area contributed by atoms with E-state index >= 15 is 0 Å². The second kappa shape index (κ2) is 11.6. The fraction of sp³-hybridized carbons (Fsp3) is 0.226. The zero-order valence-corrected chi connectivity index (χ0v) is 22.9. The number of carbonyl (C=O) groups is 3. The number of amides is 3. The normalized spacial score (nSPS) is 14.3. The Morgan fingerprint density at radius 3 is 2.68 bits per heavy atom. The van der Waals surface area contributed by atoms with Crippen LogP contribution in [-0.2, 0) is 24.3 Å². The monoisotopic (exact) mass is 554 g/mol. The van der Waals surface area contributed by atoms with Crippen LogP contribution in [0.2, 0.25) is 0 Å². The molecule has 0 fully saturated rings. The standard InChI is InChI=1S/C31H31FN6O3/c1-4-20-8-6-9-22(14-20)34-30(40)28-23-18-37(31(41)25-10-7-13-33-25)16-19(3)29(23)38(36-28)17-21-11-12-24(32)26(15-21)35-27(39)5-2/h5-15,19,33H,2,4,16-18H2,1,3H3,(H,34,40)(H,35,39)/t19-/m1/s1. The van der Waals surface area contributed by atoms with Gasteiger partial charge in [-0.3, -0.25) is 19.1 Å². The number of aryl methyl sites for hydroxylation is 1. The van der Waals surface area contributed by atoms with E-state index in [2.05, 4.69) is 22.2 Å². The number of rotatable bonds is 8. The van der Waals surface area contributed by atoms with Gasteiger partial charge in [0.2, 0.25) is 5.91 Å². The van der Waals surface area contributed by atoms with E-state index in [9.17, 15) is 18.8 Å². The summed E-state index contributed by atoms with van der Waals surface area (Å²) < 4.78 is 16.1. The quantitative estimate of drug-likeness (QED) is 0.263. The number of aromatic amines is 1. The van der Waals surface area contributed by atoms with Gasteiger partial charge in [0.05, 0.1) is 18.8 Å². The summed E-state index contributed by atoms with van der Waals surface area (Å²) in [5.74, 6) is -1.79. The van der Waals surface area contributed by atoms with E-state index in [0.29, 0.717) is 29.1 Å². The number of H-pyrrole nitrogens is 1. The minimum absolute atomic E-state index is 0.0259. The molecule has 1 aliphatic heterocycles. The Bertz CT molecular complexity index is 1620. The highest BCUT2D eigenvalue weighted by Crippen LogP contribution is 2.32. The summed E-state index contributed by atoms with van der Waals surface area (Å²) in [6.45, 7) is 8.30. The first-order valence-corrected chi connectivity index (χ1v) is 13.4. The first-order valence-electron chi connectivity index (χ1n) is 13.4. The average Bonchev–Trinajstić information content (AvgIpc) is 3.63. The number of nitrogens with zero attached hydrogens (tertiary/aromatic N) is 3. The van der Waals surface area contributed by atoms with Crippen LogP contribution in [0, 0.1) is 5.82 Å². The summed E-state index contributed by atoms with van der Waals surface area (Å²) in [5.41, 5.74) is 4.62. The third-order valence-corrected chi connectivity index (χ3v) is 7.13. The summed E-state index contributed by atoms with van der Waals surface area (Å²) in [4.78, 5) is 43.3. The summed E-state index contributed by atoms with van der Waals surface area (Å²) in [6.07, 6.45) is 3.59. The SMILES string of the molecule is C=CC(=O)Nc1cc(Cn2nc(C(=O)Nc3cccc(CC)c3)c3c2[C@H](C)CN(C(=O)c2ccc[nH]2)C3)ccc1F. The summed E-state index contributed by atoms with van der Waals surface area (Å²) >= 11 is 0. The topological polar surface area (TPSA) is 112 Å². The highest BCUT2D eigenvalue weighted by atomic mass is 19.1. The number of fused-ring (bicyclic) bond motifs is 1. The Labute approximate surface area is 237 Å². The van der Waals surface area contributed by atoms with Gasteiger partial charge in [-0.2, -0.15) is 5.10 Å². The van der Waals surface area contributed by atoms with E-state index in [-0.39, 0.29) is 42.2 Å². The molecule has 0 saturated heterocycles. The molecule has 0 spiro atoms. The lowest BCUT2D eigenvalue weighted by Crippen LogP contribution is -2.38. The molecule has 1 atom stereocenters. The van der Waals surface area contributed by atoms with E-state index < -0.39 is 11.7 Å².